The van der Waals surface area contributed by atoms with Crippen molar-refractivity contribution >= 4 is 0 Å². The van der Waals surface area contributed by atoms with Crippen LogP contribution < -0.4 is 10.6 Å². The van der Waals surface area contributed by atoms with Crippen molar-refractivity contribution in [2.75, 3.05) is 20.1 Å². The van der Waals surface area contributed by atoms with E-state index in [1.54, 1.807) is 0 Å². The first-order chi connectivity index (χ1) is 8.45. The zero-order chi connectivity index (χ0) is 13.6. The summed E-state index contributed by atoms with van der Waals surface area (Å²) in [6, 6.07) is 6.85. The fourth-order valence-electron chi connectivity index (χ4n) is 1.97. The molecule has 0 aliphatic carbocycles. The van der Waals surface area contributed by atoms with Crippen LogP contribution in [0.4, 0.5) is 0 Å². The minimum atomic E-state index is 0.240. The molecule has 0 heterocycles. The third-order valence-corrected chi connectivity index (χ3v) is 3.30. The van der Waals surface area contributed by atoms with E-state index in [0.717, 1.165) is 19.6 Å². The van der Waals surface area contributed by atoms with Crippen molar-refractivity contribution in [1.82, 2.24) is 10.6 Å². The first kappa shape index (κ1) is 15.2. The van der Waals surface area contributed by atoms with E-state index < -0.39 is 0 Å². The van der Waals surface area contributed by atoms with Gasteiger partial charge < -0.3 is 10.6 Å². The third-order valence-electron chi connectivity index (χ3n) is 3.30. The normalized spacial score (nSPS) is 11.8. The molecule has 0 radical (unpaired) electrons. The fourth-order valence-corrected chi connectivity index (χ4v) is 1.97. The van der Waals surface area contributed by atoms with Crippen molar-refractivity contribution in [2.24, 2.45) is 0 Å². The lowest BCUT2D eigenvalue weighted by Crippen LogP contribution is -2.20. The molecular weight excluding hydrogens is 220 g/mol. The van der Waals surface area contributed by atoms with Crippen LogP contribution in [0.25, 0.3) is 0 Å². The van der Waals surface area contributed by atoms with Gasteiger partial charge in [0.15, 0.2) is 0 Å². The Hall–Kier alpha value is -0.860. The number of rotatable bonds is 6. The molecule has 1 aromatic carbocycles. The van der Waals surface area contributed by atoms with Gasteiger partial charge in [-0.05, 0) is 55.6 Å². The third kappa shape index (κ3) is 4.79. The van der Waals surface area contributed by atoms with Gasteiger partial charge in [-0.15, -0.1) is 0 Å². The van der Waals surface area contributed by atoms with Crippen LogP contribution in [0.5, 0.6) is 0 Å². The van der Waals surface area contributed by atoms with Crippen LogP contribution in [0.1, 0.15) is 43.9 Å². The minimum Gasteiger partial charge on any atom is -0.320 e. The van der Waals surface area contributed by atoms with Gasteiger partial charge in [-0.2, -0.15) is 0 Å². The maximum Gasteiger partial charge on any atom is 0.0208 e. The van der Waals surface area contributed by atoms with Crippen molar-refractivity contribution in [3.8, 4) is 0 Å². The predicted molar refractivity (Wildman–Crippen MR) is 80.1 cm³/mol. The van der Waals surface area contributed by atoms with Crippen LogP contribution >= 0.6 is 0 Å². The van der Waals surface area contributed by atoms with Crippen LogP contribution in [-0.4, -0.2) is 20.1 Å². The number of hydrogen-bond donors (Lipinski definition) is 2. The lowest BCUT2D eigenvalue weighted by molar-refractivity contribution is 0.588. The van der Waals surface area contributed by atoms with Crippen LogP contribution in [0.15, 0.2) is 18.2 Å². The Morgan fingerprint density at radius 3 is 2.39 bits per heavy atom. The SMILES string of the molecule is CNCCCNCc1ccc(C(C)(C)C)cc1C. The topological polar surface area (TPSA) is 24.1 Å². The second-order valence-corrected chi connectivity index (χ2v) is 6.03. The first-order valence-electron chi connectivity index (χ1n) is 6.90. The molecule has 0 atom stereocenters. The molecule has 0 spiro atoms. The van der Waals surface area contributed by atoms with Gasteiger partial charge in [-0.1, -0.05) is 39.0 Å². The van der Waals surface area contributed by atoms with Gasteiger partial charge in [-0.25, -0.2) is 0 Å². The molecule has 0 aliphatic heterocycles. The standard InChI is InChI=1S/C16H28N2/c1-13-11-15(16(2,3)4)8-7-14(13)12-18-10-6-9-17-5/h7-8,11,17-18H,6,9-10,12H2,1-5H3. The monoisotopic (exact) mass is 248 g/mol. The van der Waals surface area contributed by atoms with Crippen LogP contribution in [0, 0.1) is 6.92 Å². The molecule has 2 N–H and O–H groups in total. The van der Waals surface area contributed by atoms with Crippen LogP contribution in [0.2, 0.25) is 0 Å². The van der Waals surface area contributed by atoms with E-state index in [0.29, 0.717) is 0 Å². The summed E-state index contributed by atoms with van der Waals surface area (Å²) >= 11 is 0. The average molecular weight is 248 g/mol. The highest BCUT2D eigenvalue weighted by Gasteiger charge is 2.14. The Morgan fingerprint density at radius 2 is 1.83 bits per heavy atom. The summed E-state index contributed by atoms with van der Waals surface area (Å²) in [4.78, 5) is 0. The van der Waals surface area contributed by atoms with Crippen molar-refractivity contribution in [1.29, 1.82) is 0 Å². The van der Waals surface area contributed by atoms with Gasteiger partial charge >= 0.3 is 0 Å². The molecule has 1 aromatic rings. The first-order valence-corrected chi connectivity index (χ1v) is 6.90. The van der Waals surface area contributed by atoms with Gasteiger partial charge in [0.2, 0.25) is 0 Å². The Labute approximate surface area is 112 Å². The van der Waals surface area contributed by atoms with E-state index in [1.165, 1.54) is 23.1 Å². The number of benzene rings is 1. The molecule has 18 heavy (non-hydrogen) atoms. The van der Waals surface area contributed by atoms with E-state index >= 15 is 0 Å². The van der Waals surface area contributed by atoms with Gasteiger partial charge in [0, 0.05) is 6.54 Å². The van der Waals surface area contributed by atoms with E-state index in [2.05, 4.69) is 56.5 Å². The van der Waals surface area contributed by atoms with E-state index in [9.17, 15) is 0 Å². The van der Waals surface area contributed by atoms with Gasteiger partial charge in [0.25, 0.3) is 0 Å². The van der Waals surface area contributed by atoms with Crippen molar-refractivity contribution in [3.63, 3.8) is 0 Å². The summed E-state index contributed by atoms with van der Waals surface area (Å²) in [5.41, 5.74) is 4.46. The van der Waals surface area contributed by atoms with Crippen molar-refractivity contribution < 1.29 is 0 Å². The molecule has 0 aromatic heterocycles. The van der Waals surface area contributed by atoms with Crippen LogP contribution in [-0.2, 0) is 12.0 Å². The molecule has 0 fully saturated rings. The van der Waals surface area contributed by atoms with Gasteiger partial charge in [0.1, 0.15) is 0 Å². The maximum absolute atomic E-state index is 3.50. The highest BCUT2D eigenvalue weighted by atomic mass is 14.9. The lowest BCUT2D eigenvalue weighted by Gasteiger charge is -2.20. The highest BCUT2D eigenvalue weighted by Crippen LogP contribution is 2.24. The predicted octanol–water partition coefficient (Wildman–Crippen LogP) is 2.99. The molecular formula is C16H28N2. The Bertz CT molecular complexity index is 364. The molecule has 1 rings (SSSR count). The van der Waals surface area contributed by atoms with E-state index in [1.807, 2.05) is 7.05 Å². The molecule has 0 saturated heterocycles. The molecule has 2 heteroatoms. The summed E-state index contributed by atoms with van der Waals surface area (Å²) < 4.78 is 0. The second kappa shape index (κ2) is 6.91. The summed E-state index contributed by atoms with van der Waals surface area (Å²) in [5, 5.41) is 6.66. The molecule has 102 valence electrons. The Kier molecular flexibility index (Phi) is 5.83. The molecule has 0 saturated carbocycles. The van der Waals surface area contributed by atoms with Gasteiger partial charge in [-0.3, -0.25) is 0 Å². The quantitative estimate of drug-likeness (QED) is 0.756. The number of hydrogen-bond acceptors (Lipinski definition) is 2. The largest absolute Gasteiger partial charge is 0.320 e. The van der Waals surface area contributed by atoms with Crippen molar-refractivity contribution in [2.45, 2.75) is 46.1 Å². The second-order valence-electron chi connectivity index (χ2n) is 6.03. The van der Waals surface area contributed by atoms with Crippen molar-refractivity contribution in [3.05, 3.63) is 34.9 Å². The van der Waals surface area contributed by atoms with E-state index in [4.69, 9.17) is 0 Å². The Morgan fingerprint density at radius 1 is 1.11 bits per heavy atom. The zero-order valence-corrected chi connectivity index (χ0v) is 12.6. The highest BCUT2D eigenvalue weighted by molar-refractivity contribution is 5.34. The zero-order valence-electron chi connectivity index (χ0n) is 12.6. The van der Waals surface area contributed by atoms with Crippen LogP contribution in [0.3, 0.4) is 0 Å². The summed E-state index contributed by atoms with van der Waals surface area (Å²) in [5.74, 6) is 0. The molecule has 0 aliphatic rings. The molecule has 0 unspecified atom stereocenters. The maximum atomic E-state index is 3.50. The van der Waals surface area contributed by atoms with E-state index in [-0.39, 0.29) is 5.41 Å². The minimum absolute atomic E-state index is 0.240. The Balaban J connectivity index is 2.53. The number of aryl methyl sites for hydroxylation is 1. The fraction of sp³-hybridized carbons (Fsp3) is 0.625. The summed E-state index contributed by atoms with van der Waals surface area (Å²) in [6.45, 7) is 12.1. The average Bonchev–Trinajstić information content (AvgIpc) is 2.29. The van der Waals surface area contributed by atoms with Gasteiger partial charge in [0.05, 0.1) is 0 Å². The molecule has 0 amide bonds. The summed E-state index contributed by atoms with van der Waals surface area (Å²) in [6.07, 6.45) is 1.18. The summed E-state index contributed by atoms with van der Waals surface area (Å²) in [7, 11) is 2.00. The number of nitrogens with one attached hydrogen (secondary N) is 2. The molecule has 2 nitrogen and oxygen atoms in total. The molecule has 0 bridgehead atoms. The smallest absolute Gasteiger partial charge is 0.0208 e. The lowest BCUT2D eigenvalue weighted by atomic mass is 9.85.